The zero-order valence-corrected chi connectivity index (χ0v) is 8.59. The molecule has 2 heteroatoms. The van der Waals surface area contributed by atoms with Crippen LogP contribution in [0.4, 0.5) is 5.69 Å². The first-order chi connectivity index (χ1) is 6.03. The van der Waals surface area contributed by atoms with Gasteiger partial charge in [-0.3, -0.25) is 0 Å². The largest absolute Gasteiger partial charge is 0.368 e. The third kappa shape index (κ3) is 3.07. The van der Waals surface area contributed by atoms with Gasteiger partial charge in [-0.05, 0) is 31.9 Å². The van der Waals surface area contributed by atoms with Gasteiger partial charge in [-0.1, -0.05) is 25.1 Å². The minimum Gasteiger partial charge on any atom is -0.368 e. The summed E-state index contributed by atoms with van der Waals surface area (Å²) in [6, 6.07) is 8.25. The number of benzene rings is 1. The van der Waals surface area contributed by atoms with Gasteiger partial charge in [0.25, 0.3) is 0 Å². The Balaban J connectivity index is 2.87. The SMILES string of the molecule is CCc1ccccc1NC(C)(C)N. The zero-order valence-electron chi connectivity index (χ0n) is 8.59. The van der Waals surface area contributed by atoms with Crippen molar-refractivity contribution in [1.29, 1.82) is 0 Å². The van der Waals surface area contributed by atoms with E-state index in [4.69, 9.17) is 5.73 Å². The number of nitrogens with two attached hydrogens (primary N) is 1. The van der Waals surface area contributed by atoms with Crippen molar-refractivity contribution >= 4 is 5.69 Å². The molecular formula is C11H18N2. The third-order valence-electron chi connectivity index (χ3n) is 1.86. The molecule has 13 heavy (non-hydrogen) atoms. The van der Waals surface area contributed by atoms with Crippen LogP contribution in [0.1, 0.15) is 26.3 Å². The van der Waals surface area contributed by atoms with Gasteiger partial charge in [0.15, 0.2) is 0 Å². The highest BCUT2D eigenvalue weighted by Crippen LogP contribution is 2.17. The highest BCUT2D eigenvalue weighted by atomic mass is 15.1. The first-order valence-corrected chi connectivity index (χ1v) is 4.68. The van der Waals surface area contributed by atoms with E-state index in [1.807, 2.05) is 26.0 Å². The fourth-order valence-electron chi connectivity index (χ4n) is 1.30. The molecular weight excluding hydrogens is 160 g/mol. The lowest BCUT2D eigenvalue weighted by Gasteiger charge is -2.23. The fraction of sp³-hybridized carbons (Fsp3) is 0.455. The van der Waals surface area contributed by atoms with E-state index in [1.54, 1.807) is 0 Å². The first-order valence-electron chi connectivity index (χ1n) is 4.68. The molecule has 0 bridgehead atoms. The predicted octanol–water partition coefficient (Wildman–Crippen LogP) is 2.36. The van der Waals surface area contributed by atoms with Crippen LogP contribution in [0.25, 0.3) is 0 Å². The standard InChI is InChI=1S/C11H18N2/c1-4-9-7-5-6-8-10(9)13-11(2,3)12/h5-8,13H,4,12H2,1-3H3. The van der Waals surface area contributed by atoms with Gasteiger partial charge in [0, 0.05) is 5.69 Å². The average molecular weight is 178 g/mol. The van der Waals surface area contributed by atoms with Crippen LogP contribution in [-0.4, -0.2) is 5.66 Å². The Kier molecular flexibility index (Phi) is 2.94. The molecule has 0 spiro atoms. The fourth-order valence-corrected chi connectivity index (χ4v) is 1.30. The van der Waals surface area contributed by atoms with Gasteiger partial charge in [0.05, 0.1) is 5.66 Å². The Bertz CT molecular complexity index is 274. The van der Waals surface area contributed by atoms with Crippen molar-refractivity contribution in [3.63, 3.8) is 0 Å². The molecule has 0 aromatic heterocycles. The molecule has 0 unspecified atom stereocenters. The van der Waals surface area contributed by atoms with Crippen LogP contribution in [0.5, 0.6) is 0 Å². The van der Waals surface area contributed by atoms with E-state index in [9.17, 15) is 0 Å². The third-order valence-corrected chi connectivity index (χ3v) is 1.86. The Labute approximate surface area is 80.1 Å². The summed E-state index contributed by atoms with van der Waals surface area (Å²) in [5, 5.41) is 3.28. The lowest BCUT2D eigenvalue weighted by Crippen LogP contribution is -2.41. The lowest BCUT2D eigenvalue weighted by atomic mass is 10.1. The highest BCUT2D eigenvalue weighted by Gasteiger charge is 2.10. The molecule has 72 valence electrons. The molecule has 0 radical (unpaired) electrons. The molecule has 0 saturated heterocycles. The molecule has 0 fully saturated rings. The number of aryl methyl sites for hydroxylation is 1. The topological polar surface area (TPSA) is 38.0 Å². The van der Waals surface area contributed by atoms with Gasteiger partial charge in [-0.25, -0.2) is 0 Å². The summed E-state index contributed by atoms with van der Waals surface area (Å²) in [4.78, 5) is 0. The number of hydrogen-bond acceptors (Lipinski definition) is 2. The maximum Gasteiger partial charge on any atom is 0.0799 e. The summed E-state index contributed by atoms with van der Waals surface area (Å²) >= 11 is 0. The highest BCUT2D eigenvalue weighted by molar-refractivity contribution is 5.52. The summed E-state index contributed by atoms with van der Waals surface area (Å²) in [5.41, 5.74) is 7.97. The number of anilines is 1. The van der Waals surface area contributed by atoms with E-state index >= 15 is 0 Å². The van der Waals surface area contributed by atoms with Crippen molar-refractivity contribution in [3.8, 4) is 0 Å². The van der Waals surface area contributed by atoms with Gasteiger partial charge in [0.2, 0.25) is 0 Å². The molecule has 1 aromatic carbocycles. The second kappa shape index (κ2) is 3.79. The minimum atomic E-state index is -0.356. The van der Waals surface area contributed by atoms with Crippen LogP contribution in [0, 0.1) is 0 Å². The van der Waals surface area contributed by atoms with Crippen LogP contribution >= 0.6 is 0 Å². The Morgan fingerprint density at radius 3 is 2.46 bits per heavy atom. The van der Waals surface area contributed by atoms with Gasteiger partial charge >= 0.3 is 0 Å². The van der Waals surface area contributed by atoms with E-state index in [0.717, 1.165) is 12.1 Å². The maximum atomic E-state index is 5.88. The normalized spacial score (nSPS) is 11.4. The van der Waals surface area contributed by atoms with Crippen LogP contribution < -0.4 is 11.1 Å². The second-order valence-electron chi connectivity index (χ2n) is 3.86. The van der Waals surface area contributed by atoms with Gasteiger partial charge in [0.1, 0.15) is 0 Å². The number of hydrogen-bond donors (Lipinski definition) is 2. The van der Waals surface area contributed by atoms with Crippen LogP contribution in [-0.2, 0) is 6.42 Å². The molecule has 1 rings (SSSR count). The predicted molar refractivity (Wildman–Crippen MR) is 57.7 cm³/mol. The van der Waals surface area contributed by atoms with Crippen molar-refractivity contribution in [3.05, 3.63) is 29.8 Å². The molecule has 2 nitrogen and oxygen atoms in total. The smallest absolute Gasteiger partial charge is 0.0799 e. The van der Waals surface area contributed by atoms with Crippen molar-refractivity contribution in [1.82, 2.24) is 0 Å². The summed E-state index contributed by atoms with van der Waals surface area (Å²) in [6.45, 7) is 6.06. The van der Waals surface area contributed by atoms with Gasteiger partial charge in [-0.15, -0.1) is 0 Å². The summed E-state index contributed by atoms with van der Waals surface area (Å²) < 4.78 is 0. The number of rotatable bonds is 3. The molecule has 0 atom stereocenters. The zero-order chi connectivity index (χ0) is 9.90. The molecule has 0 aliphatic rings. The molecule has 1 aromatic rings. The van der Waals surface area contributed by atoms with Crippen LogP contribution in [0.15, 0.2) is 24.3 Å². The first kappa shape index (κ1) is 10.1. The van der Waals surface area contributed by atoms with Crippen molar-refractivity contribution in [2.24, 2.45) is 5.73 Å². The van der Waals surface area contributed by atoms with E-state index in [2.05, 4.69) is 24.4 Å². The molecule has 0 saturated carbocycles. The summed E-state index contributed by atoms with van der Waals surface area (Å²) in [6.07, 6.45) is 1.03. The Hall–Kier alpha value is -1.02. The molecule has 0 amide bonds. The summed E-state index contributed by atoms with van der Waals surface area (Å²) in [7, 11) is 0. The van der Waals surface area contributed by atoms with Crippen LogP contribution in [0.3, 0.4) is 0 Å². The quantitative estimate of drug-likeness (QED) is 0.697. The van der Waals surface area contributed by atoms with E-state index in [0.29, 0.717) is 0 Å². The van der Waals surface area contributed by atoms with Crippen LogP contribution in [0.2, 0.25) is 0 Å². The lowest BCUT2D eigenvalue weighted by molar-refractivity contribution is 0.597. The number of nitrogens with one attached hydrogen (secondary N) is 1. The summed E-state index contributed by atoms with van der Waals surface area (Å²) in [5.74, 6) is 0. The molecule has 0 heterocycles. The van der Waals surface area contributed by atoms with E-state index in [1.165, 1.54) is 5.56 Å². The number of para-hydroxylation sites is 1. The van der Waals surface area contributed by atoms with Crippen molar-refractivity contribution in [2.75, 3.05) is 5.32 Å². The van der Waals surface area contributed by atoms with E-state index in [-0.39, 0.29) is 5.66 Å². The molecule has 3 N–H and O–H groups in total. The monoisotopic (exact) mass is 178 g/mol. The Morgan fingerprint density at radius 1 is 1.31 bits per heavy atom. The Morgan fingerprint density at radius 2 is 1.92 bits per heavy atom. The average Bonchev–Trinajstić information content (AvgIpc) is 2.02. The van der Waals surface area contributed by atoms with Crippen molar-refractivity contribution < 1.29 is 0 Å². The molecule has 0 aliphatic carbocycles. The van der Waals surface area contributed by atoms with Gasteiger partial charge in [-0.2, -0.15) is 0 Å². The maximum absolute atomic E-state index is 5.88. The van der Waals surface area contributed by atoms with E-state index < -0.39 is 0 Å². The molecule has 0 aliphatic heterocycles. The second-order valence-corrected chi connectivity index (χ2v) is 3.86. The van der Waals surface area contributed by atoms with Gasteiger partial charge < -0.3 is 11.1 Å². The van der Waals surface area contributed by atoms with Crippen molar-refractivity contribution in [2.45, 2.75) is 32.9 Å². The minimum absolute atomic E-state index is 0.356.